The Morgan fingerprint density at radius 2 is 2.00 bits per heavy atom. The van der Waals surface area contributed by atoms with E-state index in [1.807, 2.05) is 18.7 Å². The Balaban J connectivity index is 1.53. The molecule has 11 heteroatoms. The van der Waals surface area contributed by atoms with Crippen LogP contribution in [0, 0.1) is 5.92 Å². The fraction of sp³-hybridized carbons (Fsp3) is 0.524. The predicted octanol–water partition coefficient (Wildman–Crippen LogP) is 2.52. The minimum absolute atomic E-state index is 0.102. The van der Waals surface area contributed by atoms with Gasteiger partial charge < -0.3 is 19.6 Å². The summed E-state index contributed by atoms with van der Waals surface area (Å²) < 4.78 is 29.6. The minimum Gasteiger partial charge on any atom is -0.474 e. The first-order valence-electron chi connectivity index (χ1n) is 10.6. The summed E-state index contributed by atoms with van der Waals surface area (Å²) in [5, 5.41) is 9.48. The summed E-state index contributed by atoms with van der Waals surface area (Å²) in [5.41, 5.74) is 0.878. The molecule has 0 aliphatic carbocycles. The molecule has 10 nitrogen and oxygen atoms in total. The molecule has 2 atom stereocenters. The van der Waals surface area contributed by atoms with Crippen molar-refractivity contribution in [2.75, 3.05) is 24.2 Å². The molecule has 1 N–H and O–H groups in total. The van der Waals surface area contributed by atoms with Crippen molar-refractivity contribution in [3.63, 3.8) is 0 Å². The van der Waals surface area contributed by atoms with Crippen LogP contribution >= 0.6 is 0 Å². The van der Waals surface area contributed by atoms with Crippen molar-refractivity contribution in [1.29, 1.82) is 0 Å². The zero-order valence-corrected chi connectivity index (χ0v) is 19.1. The van der Waals surface area contributed by atoms with Crippen LogP contribution in [0.3, 0.4) is 0 Å². The number of piperidine rings is 1. The van der Waals surface area contributed by atoms with Gasteiger partial charge in [0.05, 0.1) is 10.5 Å². The predicted molar refractivity (Wildman–Crippen MR) is 117 cm³/mol. The van der Waals surface area contributed by atoms with E-state index >= 15 is 0 Å². The lowest BCUT2D eigenvalue weighted by Crippen LogP contribution is -2.50. The Bertz CT molecular complexity index is 1110. The molecule has 2 aliphatic heterocycles. The zero-order chi connectivity index (χ0) is 23.0. The first-order valence-corrected chi connectivity index (χ1v) is 12.5. The average Bonchev–Trinajstić information content (AvgIpc) is 3.18. The number of aromatic nitrogens is 3. The van der Waals surface area contributed by atoms with Crippen LogP contribution in [0.25, 0.3) is 0 Å². The van der Waals surface area contributed by atoms with Crippen molar-refractivity contribution in [2.45, 2.75) is 50.2 Å². The lowest BCUT2D eigenvalue weighted by Gasteiger charge is -2.39. The van der Waals surface area contributed by atoms with Crippen LogP contribution in [0.4, 0.5) is 16.4 Å². The molecule has 1 amide bonds. The van der Waals surface area contributed by atoms with Crippen LogP contribution in [-0.4, -0.2) is 71.0 Å². The highest BCUT2D eigenvalue weighted by Crippen LogP contribution is 2.37. The molecule has 2 aliphatic rings. The zero-order valence-electron chi connectivity index (χ0n) is 18.3. The molecular formula is C21H27N5O5S. The number of pyridine rings is 1. The molecular weight excluding hydrogens is 434 g/mol. The third kappa shape index (κ3) is 4.34. The molecule has 4 heterocycles. The number of carbonyl (C=O) groups is 1. The van der Waals surface area contributed by atoms with E-state index in [2.05, 4.69) is 15.0 Å². The molecule has 172 valence electrons. The number of rotatable bonds is 5. The number of nitrogens with zero attached hydrogens (tertiary/aromatic N) is 5. The largest absolute Gasteiger partial charge is 0.474 e. The van der Waals surface area contributed by atoms with E-state index < -0.39 is 15.9 Å². The number of anilines is 2. The lowest BCUT2D eigenvalue weighted by molar-refractivity contribution is 0.0361. The summed E-state index contributed by atoms with van der Waals surface area (Å²) in [7, 11) is -3.31. The van der Waals surface area contributed by atoms with Crippen LogP contribution in [0.2, 0.25) is 0 Å². The third-order valence-corrected chi connectivity index (χ3v) is 7.14. The number of hydrogen-bond donors (Lipinski definition) is 1. The van der Waals surface area contributed by atoms with Gasteiger partial charge >= 0.3 is 6.09 Å². The molecule has 2 aromatic rings. The normalized spacial score (nSPS) is 21.0. The quantitative estimate of drug-likeness (QED) is 0.714. The number of likely N-dealkylation sites (tertiary alicyclic amines) is 1. The van der Waals surface area contributed by atoms with Crippen molar-refractivity contribution in [3.05, 3.63) is 30.2 Å². The lowest BCUT2D eigenvalue weighted by atomic mass is 9.91. The summed E-state index contributed by atoms with van der Waals surface area (Å²) >= 11 is 0. The van der Waals surface area contributed by atoms with Crippen molar-refractivity contribution >= 4 is 27.6 Å². The maximum absolute atomic E-state index is 11.7. The Morgan fingerprint density at radius 1 is 1.22 bits per heavy atom. The van der Waals surface area contributed by atoms with Crippen LogP contribution in [0.15, 0.2) is 29.6 Å². The van der Waals surface area contributed by atoms with Gasteiger partial charge in [-0.25, -0.2) is 28.2 Å². The highest BCUT2D eigenvalue weighted by molar-refractivity contribution is 7.90. The molecule has 0 spiro atoms. The Kier molecular flexibility index (Phi) is 5.93. The van der Waals surface area contributed by atoms with Crippen LogP contribution in [0.5, 0.6) is 5.88 Å². The summed E-state index contributed by atoms with van der Waals surface area (Å²) in [6.45, 7) is 5.09. The summed E-state index contributed by atoms with van der Waals surface area (Å²) in [4.78, 5) is 28.2. The van der Waals surface area contributed by atoms with E-state index in [4.69, 9.17) is 4.74 Å². The van der Waals surface area contributed by atoms with Crippen molar-refractivity contribution in [2.24, 2.45) is 5.92 Å². The molecule has 32 heavy (non-hydrogen) atoms. The highest BCUT2D eigenvalue weighted by atomic mass is 32.2. The minimum atomic E-state index is -3.31. The van der Waals surface area contributed by atoms with Gasteiger partial charge in [0.15, 0.2) is 9.84 Å². The number of carboxylic acid groups (broad SMARTS) is 1. The van der Waals surface area contributed by atoms with E-state index in [1.54, 1.807) is 6.07 Å². The summed E-state index contributed by atoms with van der Waals surface area (Å²) in [6, 6.07) is 3.11. The standard InChI is InChI=1S/C21H27N5O5S/c1-13(2)17-10-14(6-8-25(17)21(27)28)31-20-16-7-9-26(19(16)23-12-24-20)18-5-4-15(11-22-18)32(3,29)30/h4-5,11-14,17H,6-10H2,1-3H3,(H,27,28). The monoisotopic (exact) mass is 461 g/mol. The molecule has 2 aromatic heterocycles. The molecule has 0 bridgehead atoms. The van der Waals surface area contributed by atoms with Gasteiger partial charge in [0.2, 0.25) is 5.88 Å². The fourth-order valence-corrected chi connectivity index (χ4v) is 4.90. The van der Waals surface area contributed by atoms with Gasteiger partial charge in [0, 0.05) is 44.4 Å². The molecule has 2 unspecified atom stereocenters. The number of hydrogen-bond acceptors (Lipinski definition) is 8. The van der Waals surface area contributed by atoms with E-state index in [-0.39, 0.29) is 23.0 Å². The maximum Gasteiger partial charge on any atom is 0.407 e. The molecule has 0 aromatic carbocycles. The average molecular weight is 462 g/mol. The number of ether oxygens (including phenoxy) is 1. The van der Waals surface area contributed by atoms with E-state index in [0.29, 0.717) is 49.9 Å². The van der Waals surface area contributed by atoms with Crippen molar-refractivity contribution in [1.82, 2.24) is 19.9 Å². The highest BCUT2D eigenvalue weighted by Gasteiger charge is 2.35. The van der Waals surface area contributed by atoms with E-state index in [9.17, 15) is 18.3 Å². The topological polar surface area (TPSA) is 126 Å². The molecule has 0 saturated carbocycles. The smallest absolute Gasteiger partial charge is 0.407 e. The molecule has 1 saturated heterocycles. The number of amides is 1. The first-order chi connectivity index (χ1) is 15.1. The molecule has 1 fully saturated rings. The molecule has 4 rings (SSSR count). The van der Waals surface area contributed by atoms with Crippen molar-refractivity contribution in [3.8, 4) is 5.88 Å². The van der Waals surface area contributed by atoms with Gasteiger partial charge in [-0.1, -0.05) is 13.8 Å². The SMILES string of the molecule is CC(C)C1CC(Oc2ncnc3c2CCN3c2ccc(S(C)(=O)=O)cn2)CCN1C(=O)O. The van der Waals surface area contributed by atoms with Gasteiger partial charge in [-0.3, -0.25) is 0 Å². The van der Waals surface area contributed by atoms with E-state index in [1.165, 1.54) is 23.5 Å². The third-order valence-electron chi connectivity index (χ3n) is 6.04. The number of fused-ring (bicyclic) bond motifs is 1. The second-order valence-corrected chi connectivity index (χ2v) is 10.6. The fourth-order valence-electron chi connectivity index (χ4n) is 4.34. The Hall–Kier alpha value is -2.95. The van der Waals surface area contributed by atoms with Crippen LogP contribution in [-0.2, 0) is 16.3 Å². The van der Waals surface area contributed by atoms with Gasteiger partial charge in [-0.2, -0.15) is 0 Å². The Labute approximate surface area is 187 Å². The second-order valence-electron chi connectivity index (χ2n) is 8.56. The van der Waals surface area contributed by atoms with Gasteiger partial charge in [0.25, 0.3) is 0 Å². The first kappa shape index (κ1) is 22.3. The Morgan fingerprint density at radius 3 is 2.62 bits per heavy atom. The van der Waals surface area contributed by atoms with Gasteiger partial charge in [-0.15, -0.1) is 0 Å². The number of sulfone groups is 1. The van der Waals surface area contributed by atoms with Crippen molar-refractivity contribution < 1.29 is 23.1 Å². The van der Waals surface area contributed by atoms with Gasteiger partial charge in [-0.05, 0) is 24.5 Å². The summed E-state index contributed by atoms with van der Waals surface area (Å²) in [5.74, 6) is 2.00. The van der Waals surface area contributed by atoms with Crippen LogP contribution < -0.4 is 9.64 Å². The molecule has 0 radical (unpaired) electrons. The van der Waals surface area contributed by atoms with Crippen LogP contribution in [0.1, 0.15) is 32.3 Å². The van der Waals surface area contributed by atoms with Gasteiger partial charge in [0.1, 0.15) is 24.1 Å². The summed E-state index contributed by atoms with van der Waals surface area (Å²) in [6.07, 6.45) is 4.81. The van der Waals surface area contributed by atoms with E-state index in [0.717, 1.165) is 11.8 Å². The maximum atomic E-state index is 11.7. The second kappa shape index (κ2) is 8.53.